The van der Waals surface area contributed by atoms with Crippen LogP contribution in [0.25, 0.3) is 11.4 Å². The highest BCUT2D eigenvalue weighted by Gasteiger charge is 2.18. The second kappa shape index (κ2) is 7.25. The summed E-state index contributed by atoms with van der Waals surface area (Å²) in [5.74, 6) is 0.642. The highest BCUT2D eigenvalue weighted by molar-refractivity contribution is 7.89. The summed E-state index contributed by atoms with van der Waals surface area (Å²) >= 11 is 0. The molecule has 1 N–H and O–H groups in total. The van der Waals surface area contributed by atoms with Crippen LogP contribution in [0.4, 0.5) is 0 Å². The minimum atomic E-state index is -3.66. The summed E-state index contributed by atoms with van der Waals surface area (Å²) in [6.07, 6.45) is 0. The van der Waals surface area contributed by atoms with Crippen LogP contribution >= 0.6 is 0 Å². The molecule has 0 bridgehead atoms. The molecule has 3 aromatic rings. The first-order valence-corrected chi connectivity index (χ1v) is 10.1. The summed E-state index contributed by atoms with van der Waals surface area (Å²) in [6, 6.07) is 14.6. The lowest BCUT2D eigenvalue weighted by molar-refractivity contribution is 0.376. The molecule has 2 aromatic carbocycles. The van der Waals surface area contributed by atoms with Gasteiger partial charge in [-0.05, 0) is 36.1 Å². The molecule has 0 radical (unpaired) electrons. The lowest BCUT2D eigenvalue weighted by atomic mass is 9.87. The Hall–Kier alpha value is -2.51. The summed E-state index contributed by atoms with van der Waals surface area (Å²) < 4.78 is 32.6. The molecular weight excluding hydrogens is 362 g/mol. The number of rotatable bonds is 5. The average molecular weight is 385 g/mol. The van der Waals surface area contributed by atoms with Crippen LogP contribution in [0.2, 0.25) is 0 Å². The third-order valence-electron chi connectivity index (χ3n) is 4.19. The average Bonchev–Trinajstić information content (AvgIpc) is 3.09. The van der Waals surface area contributed by atoms with Gasteiger partial charge in [0, 0.05) is 5.56 Å². The molecule has 0 atom stereocenters. The van der Waals surface area contributed by atoms with E-state index in [0.717, 1.165) is 16.7 Å². The molecule has 6 nitrogen and oxygen atoms in total. The van der Waals surface area contributed by atoms with Crippen molar-refractivity contribution in [2.24, 2.45) is 0 Å². The van der Waals surface area contributed by atoms with Gasteiger partial charge in [0.25, 0.3) is 0 Å². The standard InChI is InChI=1S/C20H23N3O3S/c1-14-6-5-7-15(12-14)19-22-18(26-23-19)13-21-27(24,25)17-10-8-16(9-11-17)20(2,3)4/h5-12,21H,13H2,1-4H3. The van der Waals surface area contributed by atoms with Crippen LogP contribution in [0.5, 0.6) is 0 Å². The van der Waals surface area contributed by atoms with Gasteiger partial charge in [0.2, 0.25) is 21.7 Å². The van der Waals surface area contributed by atoms with Crippen LogP contribution in [0.1, 0.15) is 37.8 Å². The molecule has 27 heavy (non-hydrogen) atoms. The minimum Gasteiger partial charge on any atom is -0.338 e. The Labute approximate surface area is 159 Å². The normalized spacial score (nSPS) is 12.3. The van der Waals surface area contributed by atoms with E-state index in [1.54, 1.807) is 12.1 Å². The van der Waals surface area contributed by atoms with Crippen molar-refractivity contribution in [3.63, 3.8) is 0 Å². The van der Waals surface area contributed by atoms with Gasteiger partial charge in [-0.2, -0.15) is 4.98 Å². The molecule has 1 heterocycles. The lowest BCUT2D eigenvalue weighted by Crippen LogP contribution is -2.23. The number of sulfonamides is 1. The number of nitrogens with zero attached hydrogens (tertiary/aromatic N) is 2. The van der Waals surface area contributed by atoms with E-state index in [0.29, 0.717) is 5.82 Å². The maximum Gasteiger partial charge on any atom is 0.242 e. The Balaban J connectivity index is 1.71. The van der Waals surface area contributed by atoms with Crippen molar-refractivity contribution >= 4 is 10.0 Å². The largest absolute Gasteiger partial charge is 0.338 e. The second-order valence-electron chi connectivity index (χ2n) is 7.48. The van der Waals surface area contributed by atoms with Gasteiger partial charge in [-0.1, -0.05) is 61.8 Å². The van der Waals surface area contributed by atoms with Gasteiger partial charge in [-0.25, -0.2) is 13.1 Å². The number of aromatic nitrogens is 2. The first kappa shape index (κ1) is 19.3. The SMILES string of the molecule is Cc1cccc(-c2noc(CNS(=O)(=O)c3ccc(C(C)(C)C)cc3)n2)c1. The van der Waals surface area contributed by atoms with Gasteiger partial charge in [-0.3, -0.25) is 0 Å². The molecule has 0 aliphatic rings. The van der Waals surface area contributed by atoms with Crippen molar-refractivity contribution in [1.29, 1.82) is 0 Å². The molecule has 0 aliphatic heterocycles. The van der Waals surface area contributed by atoms with Crippen LogP contribution in [0, 0.1) is 6.92 Å². The molecular formula is C20H23N3O3S. The molecule has 0 amide bonds. The second-order valence-corrected chi connectivity index (χ2v) is 9.25. The fourth-order valence-corrected chi connectivity index (χ4v) is 3.58. The molecule has 7 heteroatoms. The Morgan fingerprint density at radius 3 is 2.41 bits per heavy atom. The number of hydrogen-bond donors (Lipinski definition) is 1. The molecule has 1 aromatic heterocycles. The van der Waals surface area contributed by atoms with Crippen molar-refractivity contribution in [2.45, 2.75) is 44.6 Å². The van der Waals surface area contributed by atoms with Gasteiger partial charge in [0.05, 0.1) is 11.4 Å². The molecule has 142 valence electrons. The van der Waals surface area contributed by atoms with Crippen molar-refractivity contribution in [3.8, 4) is 11.4 Å². The highest BCUT2D eigenvalue weighted by atomic mass is 32.2. The third-order valence-corrected chi connectivity index (χ3v) is 5.61. The zero-order chi connectivity index (χ0) is 19.7. The maximum atomic E-state index is 12.5. The predicted molar refractivity (Wildman–Crippen MR) is 104 cm³/mol. The fraction of sp³-hybridized carbons (Fsp3) is 0.300. The summed E-state index contributed by atoms with van der Waals surface area (Å²) in [5, 5.41) is 3.92. The smallest absolute Gasteiger partial charge is 0.242 e. The van der Waals surface area contributed by atoms with Gasteiger partial charge >= 0.3 is 0 Å². The third kappa shape index (κ3) is 4.61. The van der Waals surface area contributed by atoms with Gasteiger partial charge in [0.15, 0.2) is 0 Å². The van der Waals surface area contributed by atoms with E-state index in [1.807, 2.05) is 43.3 Å². The Morgan fingerprint density at radius 2 is 1.78 bits per heavy atom. The molecule has 0 aliphatic carbocycles. The van der Waals surface area contributed by atoms with E-state index < -0.39 is 10.0 Å². The topological polar surface area (TPSA) is 85.1 Å². The highest BCUT2D eigenvalue weighted by Crippen LogP contribution is 2.23. The summed E-state index contributed by atoms with van der Waals surface area (Å²) in [4.78, 5) is 4.46. The van der Waals surface area contributed by atoms with Crippen molar-refractivity contribution in [1.82, 2.24) is 14.9 Å². The Kier molecular flexibility index (Phi) is 5.17. The zero-order valence-electron chi connectivity index (χ0n) is 15.9. The van der Waals surface area contributed by atoms with Gasteiger partial charge in [0.1, 0.15) is 0 Å². The van der Waals surface area contributed by atoms with E-state index >= 15 is 0 Å². The molecule has 3 rings (SSSR count). The number of nitrogens with one attached hydrogen (secondary N) is 1. The van der Waals surface area contributed by atoms with Crippen molar-refractivity contribution in [3.05, 3.63) is 65.5 Å². The minimum absolute atomic E-state index is 0.0360. The number of benzene rings is 2. The van der Waals surface area contributed by atoms with E-state index in [-0.39, 0.29) is 22.7 Å². The fourth-order valence-electron chi connectivity index (χ4n) is 2.60. The zero-order valence-corrected chi connectivity index (χ0v) is 16.7. The summed E-state index contributed by atoms with van der Waals surface area (Å²) in [7, 11) is -3.66. The van der Waals surface area contributed by atoms with E-state index in [4.69, 9.17) is 4.52 Å². The van der Waals surface area contributed by atoms with Crippen LogP contribution in [-0.2, 0) is 22.0 Å². The van der Waals surface area contributed by atoms with Crippen molar-refractivity contribution in [2.75, 3.05) is 0 Å². The number of hydrogen-bond acceptors (Lipinski definition) is 5. The van der Waals surface area contributed by atoms with Gasteiger partial charge < -0.3 is 4.52 Å². The Morgan fingerprint density at radius 1 is 1.07 bits per heavy atom. The van der Waals surface area contributed by atoms with E-state index in [9.17, 15) is 8.42 Å². The van der Waals surface area contributed by atoms with Crippen LogP contribution < -0.4 is 4.72 Å². The molecule has 0 saturated heterocycles. The molecule has 0 fully saturated rings. The molecule has 0 saturated carbocycles. The van der Waals surface area contributed by atoms with Crippen LogP contribution in [-0.4, -0.2) is 18.6 Å². The summed E-state index contributed by atoms with van der Waals surface area (Å²) in [5.41, 5.74) is 2.94. The first-order valence-electron chi connectivity index (χ1n) is 8.65. The molecule has 0 unspecified atom stereocenters. The first-order chi connectivity index (χ1) is 12.6. The van der Waals surface area contributed by atoms with Crippen molar-refractivity contribution < 1.29 is 12.9 Å². The monoisotopic (exact) mass is 385 g/mol. The lowest BCUT2D eigenvalue weighted by Gasteiger charge is -2.19. The van der Waals surface area contributed by atoms with Crippen LogP contribution in [0.3, 0.4) is 0 Å². The van der Waals surface area contributed by atoms with Crippen LogP contribution in [0.15, 0.2) is 57.9 Å². The molecule has 0 spiro atoms. The quantitative estimate of drug-likeness (QED) is 0.722. The Bertz CT molecular complexity index is 1030. The predicted octanol–water partition coefficient (Wildman–Crippen LogP) is 3.82. The number of aryl methyl sites for hydroxylation is 1. The summed E-state index contributed by atoms with van der Waals surface area (Å²) in [6.45, 7) is 8.15. The maximum absolute atomic E-state index is 12.5. The van der Waals surface area contributed by atoms with Gasteiger partial charge in [-0.15, -0.1) is 0 Å². The van der Waals surface area contributed by atoms with E-state index in [2.05, 4.69) is 35.6 Å². The van der Waals surface area contributed by atoms with E-state index in [1.165, 1.54) is 0 Å².